The number of H-pyrrole nitrogens is 1. The van der Waals surface area contributed by atoms with Gasteiger partial charge in [-0.1, -0.05) is 0 Å². The second kappa shape index (κ2) is 13.6. The third kappa shape index (κ3) is 7.62. The van der Waals surface area contributed by atoms with Gasteiger partial charge in [-0.15, -0.1) is 0 Å². The Labute approximate surface area is 228 Å². The van der Waals surface area contributed by atoms with Crippen molar-refractivity contribution in [1.82, 2.24) is 14.2 Å². The van der Waals surface area contributed by atoms with E-state index in [0.29, 0.717) is 5.56 Å². The molecule has 2 aliphatic rings. The Morgan fingerprint density at radius 1 is 1.18 bits per heavy atom. The van der Waals surface area contributed by atoms with Gasteiger partial charge in [-0.05, 0) is 34.6 Å². The molecule has 2 unspecified atom stereocenters. The minimum Gasteiger partial charge on any atom is -0.344 e. The van der Waals surface area contributed by atoms with Crippen LogP contribution < -0.4 is 11.2 Å². The van der Waals surface area contributed by atoms with Crippen LogP contribution in [0.25, 0.3) is 0 Å². The predicted octanol–water partition coefficient (Wildman–Crippen LogP) is 3.25. The van der Waals surface area contributed by atoms with Crippen LogP contribution in [-0.2, 0) is 31.9 Å². The van der Waals surface area contributed by atoms with E-state index in [0.717, 1.165) is 0 Å². The standard InChI is InChI=1S/C23H35N5O9P2/c1-16(2)28(17(3)4)38(32-10-6-8-24)37-19-12-20(27-13-18(5)21(29)26-22(27)30)36-23(19)14-34-39(31,35-15-23)33-11-7-9-25/h13,16-17,19-20H,6-7,10-12,14-15H2,1-5H3,(H,26,29,30)/t19-,20?,23?,38?,39?/m1/s1. The van der Waals surface area contributed by atoms with Gasteiger partial charge in [-0.3, -0.25) is 27.9 Å². The highest BCUT2D eigenvalue weighted by Crippen LogP contribution is 2.58. The monoisotopic (exact) mass is 587 g/mol. The van der Waals surface area contributed by atoms with E-state index in [-0.39, 0.29) is 57.8 Å². The molecule has 1 spiro atoms. The smallest absolute Gasteiger partial charge is 0.344 e. The molecule has 0 aromatic carbocycles. The molecule has 0 aliphatic carbocycles. The number of hydrogen-bond donors (Lipinski definition) is 1. The zero-order chi connectivity index (χ0) is 28.8. The second-order valence-corrected chi connectivity index (χ2v) is 12.8. The van der Waals surface area contributed by atoms with E-state index in [1.165, 1.54) is 10.8 Å². The Bertz CT molecular complexity index is 1220. The molecule has 1 aromatic heterocycles. The maximum Gasteiger partial charge on any atom is 0.475 e. The average Bonchev–Trinajstić information content (AvgIpc) is 3.21. The van der Waals surface area contributed by atoms with Gasteiger partial charge in [-0.2, -0.15) is 10.5 Å². The van der Waals surface area contributed by atoms with E-state index in [4.69, 9.17) is 37.9 Å². The predicted molar refractivity (Wildman–Crippen MR) is 139 cm³/mol. The van der Waals surface area contributed by atoms with Crippen molar-refractivity contribution >= 4 is 16.3 Å². The summed E-state index contributed by atoms with van der Waals surface area (Å²) in [5.41, 5.74) is -2.15. The number of hydrogen-bond acceptors (Lipinski definition) is 12. The van der Waals surface area contributed by atoms with Gasteiger partial charge in [0.25, 0.3) is 14.1 Å². The summed E-state index contributed by atoms with van der Waals surface area (Å²) in [7, 11) is -5.65. The summed E-state index contributed by atoms with van der Waals surface area (Å²) in [5.74, 6) is 0. The summed E-state index contributed by atoms with van der Waals surface area (Å²) in [4.78, 5) is 26.9. The van der Waals surface area contributed by atoms with Crippen LogP contribution in [0.4, 0.5) is 0 Å². The Hall–Kier alpha value is -1.96. The number of aromatic nitrogens is 2. The molecule has 216 valence electrons. The maximum atomic E-state index is 12.9. The number of phosphoric acid groups is 1. The Balaban J connectivity index is 1.94. The molecule has 0 bridgehead atoms. The molecule has 2 saturated heterocycles. The minimum atomic E-state index is -3.95. The van der Waals surface area contributed by atoms with E-state index in [1.807, 2.05) is 38.4 Å². The Morgan fingerprint density at radius 2 is 1.79 bits per heavy atom. The van der Waals surface area contributed by atoms with Gasteiger partial charge in [0.1, 0.15) is 17.9 Å². The first-order chi connectivity index (χ1) is 18.4. The highest BCUT2D eigenvalue weighted by Gasteiger charge is 2.57. The Kier molecular flexibility index (Phi) is 11.0. The molecule has 0 amide bonds. The molecule has 1 N–H and O–H groups in total. The third-order valence-electron chi connectivity index (χ3n) is 6.11. The normalized spacial score (nSPS) is 27.7. The van der Waals surface area contributed by atoms with Crippen molar-refractivity contribution in [3.63, 3.8) is 0 Å². The highest BCUT2D eigenvalue weighted by molar-refractivity contribution is 7.48. The van der Waals surface area contributed by atoms with Crippen molar-refractivity contribution in [2.45, 2.75) is 83.9 Å². The summed E-state index contributed by atoms with van der Waals surface area (Å²) in [5, 5.41) is 17.8. The van der Waals surface area contributed by atoms with E-state index in [1.54, 1.807) is 6.92 Å². The van der Waals surface area contributed by atoms with Crippen LogP contribution in [0.2, 0.25) is 0 Å². The van der Waals surface area contributed by atoms with Crippen LogP contribution in [0.15, 0.2) is 15.8 Å². The largest absolute Gasteiger partial charge is 0.475 e. The SMILES string of the molecule is Cc1cn(C2C[C@@H](OP(OCCC#N)N(C(C)C)C(C)C)C3(COP(=O)(OCCC#N)OC3)O2)c(=O)[nH]c1=O. The van der Waals surface area contributed by atoms with Gasteiger partial charge in [0.05, 0.1) is 51.4 Å². The lowest BCUT2D eigenvalue weighted by molar-refractivity contribution is -0.163. The molecule has 16 heteroatoms. The van der Waals surface area contributed by atoms with Crippen molar-refractivity contribution in [2.75, 3.05) is 26.4 Å². The molecule has 3 heterocycles. The first kappa shape index (κ1) is 31.6. The lowest BCUT2D eigenvalue weighted by Crippen LogP contribution is -2.51. The summed E-state index contributed by atoms with van der Waals surface area (Å²) in [6.07, 6.45) is 0.103. The number of phosphoric ester groups is 1. The number of ether oxygens (including phenoxy) is 1. The van der Waals surface area contributed by atoms with Crippen LogP contribution >= 0.6 is 16.3 Å². The molecule has 0 radical (unpaired) electrons. The maximum absolute atomic E-state index is 12.9. The molecule has 39 heavy (non-hydrogen) atoms. The first-order valence-electron chi connectivity index (χ1n) is 12.6. The summed E-state index contributed by atoms with van der Waals surface area (Å²) in [6, 6.07) is 4.02. The quantitative estimate of drug-likeness (QED) is 0.279. The van der Waals surface area contributed by atoms with Gasteiger partial charge in [0.2, 0.25) is 0 Å². The lowest BCUT2D eigenvalue weighted by atomic mass is 9.99. The average molecular weight is 588 g/mol. The molecule has 2 fully saturated rings. The lowest BCUT2D eigenvalue weighted by Gasteiger charge is -2.42. The van der Waals surface area contributed by atoms with Gasteiger partial charge in [-0.25, -0.2) is 14.0 Å². The van der Waals surface area contributed by atoms with E-state index < -0.39 is 45.5 Å². The van der Waals surface area contributed by atoms with Gasteiger partial charge >= 0.3 is 13.5 Å². The fourth-order valence-corrected chi connectivity index (χ4v) is 7.39. The third-order valence-corrected chi connectivity index (χ3v) is 9.63. The van der Waals surface area contributed by atoms with Crippen LogP contribution in [0.1, 0.15) is 58.7 Å². The van der Waals surface area contributed by atoms with E-state index in [9.17, 15) is 14.2 Å². The summed E-state index contributed by atoms with van der Waals surface area (Å²) in [6.45, 7) is 9.09. The van der Waals surface area contributed by atoms with Crippen LogP contribution in [-0.4, -0.2) is 64.4 Å². The van der Waals surface area contributed by atoms with Crippen LogP contribution in [0.5, 0.6) is 0 Å². The van der Waals surface area contributed by atoms with Gasteiger partial charge in [0.15, 0.2) is 0 Å². The molecular weight excluding hydrogens is 552 g/mol. The molecule has 3 rings (SSSR count). The number of nitriles is 2. The van der Waals surface area contributed by atoms with Crippen LogP contribution in [0, 0.1) is 29.6 Å². The molecule has 3 atom stereocenters. The highest BCUT2D eigenvalue weighted by atomic mass is 31.2. The number of nitrogens with one attached hydrogen (secondary N) is 1. The van der Waals surface area contributed by atoms with E-state index >= 15 is 0 Å². The number of nitrogens with zero attached hydrogens (tertiary/aromatic N) is 4. The zero-order valence-corrected chi connectivity index (χ0v) is 24.5. The first-order valence-corrected chi connectivity index (χ1v) is 15.2. The van der Waals surface area contributed by atoms with Crippen molar-refractivity contribution in [1.29, 1.82) is 10.5 Å². The molecule has 2 aliphatic heterocycles. The fourth-order valence-electron chi connectivity index (χ4n) is 4.29. The molecule has 14 nitrogen and oxygen atoms in total. The molecule has 0 saturated carbocycles. The second-order valence-electron chi connectivity index (χ2n) is 9.73. The number of aromatic amines is 1. The number of rotatable bonds is 12. The number of aryl methyl sites for hydroxylation is 1. The Morgan fingerprint density at radius 3 is 2.38 bits per heavy atom. The minimum absolute atomic E-state index is 0.00517. The molecular formula is C23H35N5O9P2. The summed E-state index contributed by atoms with van der Waals surface area (Å²) >= 11 is 0. The fraction of sp³-hybridized carbons (Fsp3) is 0.739. The van der Waals surface area contributed by atoms with E-state index in [2.05, 4.69) is 11.1 Å². The van der Waals surface area contributed by atoms with Gasteiger partial charge in [0, 0.05) is 30.3 Å². The zero-order valence-electron chi connectivity index (χ0n) is 22.7. The van der Waals surface area contributed by atoms with Gasteiger partial charge < -0.3 is 13.8 Å². The van der Waals surface area contributed by atoms with Crippen molar-refractivity contribution in [3.8, 4) is 12.1 Å². The van der Waals surface area contributed by atoms with Crippen molar-refractivity contribution in [3.05, 3.63) is 32.6 Å². The van der Waals surface area contributed by atoms with Crippen molar-refractivity contribution < 1.29 is 31.9 Å². The molecule has 1 aromatic rings. The van der Waals surface area contributed by atoms with Crippen LogP contribution in [0.3, 0.4) is 0 Å². The van der Waals surface area contributed by atoms with Crippen molar-refractivity contribution in [2.24, 2.45) is 0 Å². The topological polar surface area (TPSA) is 178 Å². The summed E-state index contributed by atoms with van der Waals surface area (Å²) < 4.78 is 51.4.